The number of furan rings is 1. The van der Waals surface area contributed by atoms with E-state index in [1.807, 2.05) is 7.05 Å². The molecule has 1 aromatic rings. The van der Waals surface area contributed by atoms with Gasteiger partial charge < -0.3 is 9.73 Å². The molecule has 1 saturated carbocycles. The monoisotopic (exact) mass is 207 g/mol. The number of nitrogens with one attached hydrogen (secondary N) is 1. The Morgan fingerprint density at radius 2 is 2.13 bits per heavy atom. The van der Waals surface area contributed by atoms with E-state index in [9.17, 15) is 0 Å². The number of aryl methyl sites for hydroxylation is 1. The Morgan fingerprint density at radius 1 is 1.40 bits per heavy atom. The summed E-state index contributed by atoms with van der Waals surface area (Å²) in [5.74, 6) is 3.00. The number of rotatable bonds is 4. The van der Waals surface area contributed by atoms with Crippen LogP contribution >= 0.6 is 0 Å². The minimum atomic E-state index is 0.424. The van der Waals surface area contributed by atoms with Gasteiger partial charge in [0.25, 0.3) is 0 Å². The molecule has 1 heterocycles. The highest BCUT2D eigenvalue weighted by Crippen LogP contribution is 2.36. The Kier molecular flexibility index (Phi) is 3.47. The third-order valence-corrected chi connectivity index (χ3v) is 3.52. The van der Waals surface area contributed by atoms with E-state index in [0.717, 1.165) is 23.9 Å². The number of hydrogen-bond donors (Lipinski definition) is 1. The van der Waals surface area contributed by atoms with Crippen LogP contribution in [0.1, 0.15) is 50.2 Å². The standard InChI is InChI=1S/C13H21NO/c1-3-11-8-9-12(15-11)13(14-2)10-6-4-5-7-10/h8-10,13-14H,3-7H2,1-2H3. The predicted molar refractivity (Wildman–Crippen MR) is 61.8 cm³/mol. The van der Waals surface area contributed by atoms with Crippen molar-refractivity contribution in [3.63, 3.8) is 0 Å². The molecule has 0 bridgehead atoms. The van der Waals surface area contributed by atoms with Crippen molar-refractivity contribution in [1.29, 1.82) is 0 Å². The first-order chi connectivity index (χ1) is 7.35. The molecular formula is C13H21NO. The van der Waals surface area contributed by atoms with Crippen molar-refractivity contribution in [2.75, 3.05) is 7.05 Å². The summed E-state index contributed by atoms with van der Waals surface area (Å²) < 4.78 is 5.84. The summed E-state index contributed by atoms with van der Waals surface area (Å²) in [6, 6.07) is 4.67. The van der Waals surface area contributed by atoms with Gasteiger partial charge in [-0.2, -0.15) is 0 Å². The SMILES string of the molecule is CCc1ccc(C(NC)C2CCCC2)o1. The number of hydrogen-bond acceptors (Lipinski definition) is 2. The van der Waals surface area contributed by atoms with Gasteiger partial charge in [0.15, 0.2) is 0 Å². The van der Waals surface area contributed by atoms with Gasteiger partial charge in [-0.1, -0.05) is 19.8 Å². The Balaban J connectivity index is 2.10. The largest absolute Gasteiger partial charge is 0.464 e. The van der Waals surface area contributed by atoms with Crippen LogP contribution in [0, 0.1) is 5.92 Å². The average molecular weight is 207 g/mol. The minimum Gasteiger partial charge on any atom is -0.464 e. The normalized spacial score (nSPS) is 19.6. The van der Waals surface area contributed by atoms with Crippen molar-refractivity contribution in [1.82, 2.24) is 5.32 Å². The van der Waals surface area contributed by atoms with Gasteiger partial charge in [-0.3, -0.25) is 0 Å². The third kappa shape index (κ3) is 2.25. The van der Waals surface area contributed by atoms with E-state index >= 15 is 0 Å². The van der Waals surface area contributed by atoms with Crippen molar-refractivity contribution in [3.8, 4) is 0 Å². The van der Waals surface area contributed by atoms with Gasteiger partial charge in [0.2, 0.25) is 0 Å². The van der Waals surface area contributed by atoms with Gasteiger partial charge in [0.1, 0.15) is 11.5 Å². The third-order valence-electron chi connectivity index (χ3n) is 3.52. The van der Waals surface area contributed by atoms with Crippen molar-refractivity contribution < 1.29 is 4.42 Å². The second-order valence-electron chi connectivity index (χ2n) is 4.47. The molecule has 1 unspecified atom stereocenters. The molecule has 15 heavy (non-hydrogen) atoms. The highest BCUT2D eigenvalue weighted by Gasteiger charge is 2.27. The molecule has 0 saturated heterocycles. The fourth-order valence-electron chi connectivity index (χ4n) is 2.65. The summed E-state index contributed by atoms with van der Waals surface area (Å²) >= 11 is 0. The maximum Gasteiger partial charge on any atom is 0.121 e. The van der Waals surface area contributed by atoms with Gasteiger partial charge in [-0.05, 0) is 37.9 Å². The van der Waals surface area contributed by atoms with Crippen molar-refractivity contribution >= 4 is 0 Å². The molecule has 0 radical (unpaired) electrons. The molecule has 1 N–H and O–H groups in total. The molecule has 0 spiro atoms. The Morgan fingerprint density at radius 3 is 2.67 bits per heavy atom. The van der Waals surface area contributed by atoms with Crippen molar-refractivity contribution in [2.45, 2.75) is 45.1 Å². The molecule has 0 aliphatic heterocycles. The quantitative estimate of drug-likeness (QED) is 0.819. The van der Waals surface area contributed by atoms with Gasteiger partial charge >= 0.3 is 0 Å². The van der Waals surface area contributed by atoms with E-state index in [-0.39, 0.29) is 0 Å². The lowest BCUT2D eigenvalue weighted by molar-refractivity contribution is 0.320. The topological polar surface area (TPSA) is 25.2 Å². The van der Waals surface area contributed by atoms with Crippen molar-refractivity contribution in [3.05, 3.63) is 23.7 Å². The van der Waals surface area contributed by atoms with Gasteiger partial charge in [-0.25, -0.2) is 0 Å². The molecule has 0 amide bonds. The van der Waals surface area contributed by atoms with Crippen LogP contribution in [0.3, 0.4) is 0 Å². The van der Waals surface area contributed by atoms with E-state index in [1.54, 1.807) is 0 Å². The summed E-state index contributed by atoms with van der Waals surface area (Å²) in [5.41, 5.74) is 0. The highest BCUT2D eigenvalue weighted by atomic mass is 16.3. The van der Waals surface area contributed by atoms with E-state index < -0.39 is 0 Å². The minimum absolute atomic E-state index is 0.424. The summed E-state index contributed by atoms with van der Waals surface area (Å²) in [4.78, 5) is 0. The zero-order valence-electron chi connectivity index (χ0n) is 9.75. The van der Waals surface area contributed by atoms with Crippen LogP contribution < -0.4 is 5.32 Å². The molecule has 1 fully saturated rings. The van der Waals surface area contributed by atoms with E-state index in [4.69, 9.17) is 4.42 Å². The van der Waals surface area contributed by atoms with E-state index in [2.05, 4.69) is 24.4 Å². The maximum atomic E-state index is 5.84. The molecule has 1 atom stereocenters. The summed E-state index contributed by atoms with van der Waals surface area (Å²) in [7, 11) is 2.04. The van der Waals surface area contributed by atoms with Crippen LogP contribution in [0.2, 0.25) is 0 Å². The smallest absolute Gasteiger partial charge is 0.121 e. The van der Waals surface area contributed by atoms with Gasteiger partial charge in [0.05, 0.1) is 6.04 Å². The molecule has 1 aromatic heterocycles. The zero-order valence-corrected chi connectivity index (χ0v) is 9.75. The van der Waals surface area contributed by atoms with Gasteiger partial charge in [-0.15, -0.1) is 0 Å². The maximum absolute atomic E-state index is 5.84. The predicted octanol–water partition coefficient (Wildman–Crippen LogP) is 3.29. The molecule has 0 aromatic carbocycles. The molecule has 1 aliphatic carbocycles. The van der Waals surface area contributed by atoms with Gasteiger partial charge in [0, 0.05) is 6.42 Å². The zero-order chi connectivity index (χ0) is 10.7. The molecular weight excluding hydrogens is 186 g/mol. The lowest BCUT2D eigenvalue weighted by Crippen LogP contribution is -2.23. The second-order valence-corrected chi connectivity index (χ2v) is 4.47. The first-order valence-electron chi connectivity index (χ1n) is 6.11. The fourth-order valence-corrected chi connectivity index (χ4v) is 2.65. The lowest BCUT2D eigenvalue weighted by atomic mass is 9.96. The lowest BCUT2D eigenvalue weighted by Gasteiger charge is -2.20. The van der Waals surface area contributed by atoms with Crippen LogP contribution in [0.5, 0.6) is 0 Å². The highest BCUT2D eigenvalue weighted by molar-refractivity contribution is 5.12. The van der Waals surface area contributed by atoms with E-state index in [0.29, 0.717) is 6.04 Å². The molecule has 2 heteroatoms. The molecule has 2 rings (SSSR count). The molecule has 1 aliphatic rings. The van der Waals surface area contributed by atoms with Crippen molar-refractivity contribution in [2.24, 2.45) is 5.92 Å². The fraction of sp³-hybridized carbons (Fsp3) is 0.692. The Bertz CT molecular complexity index is 299. The first kappa shape index (κ1) is 10.7. The van der Waals surface area contributed by atoms with Crippen LogP contribution in [0.15, 0.2) is 16.5 Å². The van der Waals surface area contributed by atoms with Crippen LogP contribution in [0.4, 0.5) is 0 Å². The van der Waals surface area contributed by atoms with E-state index in [1.165, 1.54) is 25.7 Å². The first-order valence-corrected chi connectivity index (χ1v) is 6.11. The van der Waals surface area contributed by atoms with Crippen LogP contribution in [-0.2, 0) is 6.42 Å². The van der Waals surface area contributed by atoms with Crippen LogP contribution in [0.25, 0.3) is 0 Å². The Hall–Kier alpha value is -0.760. The molecule has 84 valence electrons. The van der Waals surface area contributed by atoms with Crippen LogP contribution in [-0.4, -0.2) is 7.05 Å². The summed E-state index contributed by atoms with van der Waals surface area (Å²) in [5, 5.41) is 3.40. The summed E-state index contributed by atoms with van der Waals surface area (Å²) in [6.07, 6.45) is 6.43. The molecule has 2 nitrogen and oxygen atoms in total. The Labute approximate surface area is 92.1 Å². The average Bonchev–Trinajstić information content (AvgIpc) is 2.89. The summed E-state index contributed by atoms with van der Waals surface area (Å²) in [6.45, 7) is 2.13. The second kappa shape index (κ2) is 4.84.